The Kier molecular flexibility index (Phi) is 3.84. The van der Waals surface area contributed by atoms with Crippen molar-refractivity contribution >= 4 is 27.8 Å². The van der Waals surface area contributed by atoms with Gasteiger partial charge in [0.1, 0.15) is 0 Å². The van der Waals surface area contributed by atoms with Crippen molar-refractivity contribution in [2.24, 2.45) is 0 Å². The molecular weight excluding hydrogens is 238 g/mol. The zero-order chi connectivity index (χ0) is 9.10. The Balaban J connectivity index is 0.000000980. The van der Waals surface area contributed by atoms with Gasteiger partial charge in [0.25, 0.3) is 0 Å². The summed E-state index contributed by atoms with van der Waals surface area (Å²) in [6.45, 7) is 3.72. The average Bonchev–Trinajstić information content (AvgIpc) is 2.19. The third-order valence-electron chi connectivity index (χ3n) is 2.09. The maximum absolute atomic E-state index is 4.33. The number of pyridine rings is 1. The van der Waals surface area contributed by atoms with E-state index in [1.807, 2.05) is 30.5 Å². The van der Waals surface area contributed by atoms with Gasteiger partial charge in [-0.2, -0.15) is 0 Å². The number of fused-ring (bicyclic) bond motifs is 1. The summed E-state index contributed by atoms with van der Waals surface area (Å²) in [5, 5.41) is 2.47. The summed E-state index contributed by atoms with van der Waals surface area (Å²) in [4.78, 5) is 4.33. The van der Waals surface area contributed by atoms with E-state index in [1.165, 1.54) is 10.8 Å². The Morgan fingerprint density at radius 3 is 2.79 bits per heavy atom. The fraction of sp³-hybridized carbons (Fsp3) is 0.0833. The summed E-state index contributed by atoms with van der Waals surface area (Å²) in [6.07, 6.45) is 4.57. The molecule has 0 fully saturated rings. The van der Waals surface area contributed by atoms with E-state index < -0.39 is 0 Å². The van der Waals surface area contributed by atoms with Gasteiger partial charge in [-0.15, -0.1) is 23.6 Å². The summed E-state index contributed by atoms with van der Waals surface area (Å²) in [5.74, 6) is 0. The highest BCUT2D eigenvalue weighted by Gasteiger charge is 1.98. The van der Waals surface area contributed by atoms with Crippen LogP contribution in [0.5, 0.6) is 0 Å². The standard InChI is InChI=1S/C12H11N.BrH/c1-2-5-12-11-7-4-3-6-10(11)8-9-13-12;/h2-4,6-9H,1,5H2;1H. The molecule has 0 atom stereocenters. The Morgan fingerprint density at radius 2 is 2.00 bits per heavy atom. The lowest BCUT2D eigenvalue weighted by atomic mass is 10.1. The molecule has 0 saturated carbocycles. The second-order valence-corrected chi connectivity index (χ2v) is 2.97. The second-order valence-electron chi connectivity index (χ2n) is 2.97. The highest BCUT2D eigenvalue weighted by Crippen LogP contribution is 2.16. The largest absolute Gasteiger partial charge is 0.260 e. The number of aromatic nitrogens is 1. The van der Waals surface area contributed by atoms with Crippen molar-refractivity contribution in [2.45, 2.75) is 6.42 Å². The van der Waals surface area contributed by atoms with Crippen LogP contribution in [0.4, 0.5) is 0 Å². The maximum atomic E-state index is 4.33. The number of allylic oxidation sites excluding steroid dienone is 1. The molecule has 0 aliphatic heterocycles. The number of hydrogen-bond acceptors (Lipinski definition) is 1. The molecule has 0 bridgehead atoms. The van der Waals surface area contributed by atoms with Crippen molar-refractivity contribution < 1.29 is 0 Å². The molecule has 0 radical (unpaired) electrons. The normalized spacial score (nSPS) is 9.43. The van der Waals surface area contributed by atoms with Crippen molar-refractivity contribution in [1.82, 2.24) is 4.98 Å². The summed E-state index contributed by atoms with van der Waals surface area (Å²) in [5.41, 5.74) is 1.10. The van der Waals surface area contributed by atoms with E-state index in [4.69, 9.17) is 0 Å². The van der Waals surface area contributed by atoms with Crippen molar-refractivity contribution in [3.05, 3.63) is 54.9 Å². The zero-order valence-corrected chi connectivity index (χ0v) is 9.52. The van der Waals surface area contributed by atoms with Crippen molar-refractivity contribution in [3.63, 3.8) is 0 Å². The van der Waals surface area contributed by atoms with Gasteiger partial charge in [-0.3, -0.25) is 4.98 Å². The smallest absolute Gasteiger partial charge is 0.0519 e. The molecule has 0 aliphatic carbocycles. The highest BCUT2D eigenvalue weighted by atomic mass is 79.9. The molecule has 0 unspecified atom stereocenters. The molecule has 0 saturated heterocycles. The van der Waals surface area contributed by atoms with Gasteiger partial charge in [-0.05, 0) is 11.5 Å². The minimum Gasteiger partial charge on any atom is -0.260 e. The number of benzene rings is 1. The van der Waals surface area contributed by atoms with Crippen molar-refractivity contribution in [2.75, 3.05) is 0 Å². The fourth-order valence-electron chi connectivity index (χ4n) is 1.48. The van der Waals surface area contributed by atoms with Gasteiger partial charge >= 0.3 is 0 Å². The molecule has 2 heteroatoms. The summed E-state index contributed by atoms with van der Waals surface area (Å²) < 4.78 is 0. The van der Waals surface area contributed by atoms with E-state index in [-0.39, 0.29) is 17.0 Å². The average molecular weight is 250 g/mol. The lowest BCUT2D eigenvalue weighted by Gasteiger charge is -2.01. The van der Waals surface area contributed by atoms with Crippen LogP contribution in [0.2, 0.25) is 0 Å². The monoisotopic (exact) mass is 249 g/mol. The maximum Gasteiger partial charge on any atom is 0.0519 e. The van der Waals surface area contributed by atoms with Crippen LogP contribution >= 0.6 is 17.0 Å². The van der Waals surface area contributed by atoms with Gasteiger partial charge in [-0.25, -0.2) is 0 Å². The molecule has 1 aromatic carbocycles. The Bertz CT molecular complexity index is 432. The quantitative estimate of drug-likeness (QED) is 0.743. The van der Waals surface area contributed by atoms with E-state index >= 15 is 0 Å². The molecule has 0 aliphatic rings. The van der Waals surface area contributed by atoms with Gasteiger partial charge in [0.05, 0.1) is 5.69 Å². The Labute approximate surface area is 94.3 Å². The SMILES string of the molecule is Br.C=CCc1nccc2ccccc12. The Hall–Kier alpha value is -1.15. The van der Waals surface area contributed by atoms with Crippen LogP contribution in [0.15, 0.2) is 49.2 Å². The number of hydrogen-bond donors (Lipinski definition) is 0. The molecule has 0 spiro atoms. The summed E-state index contributed by atoms with van der Waals surface area (Å²) in [6, 6.07) is 10.3. The molecule has 1 aromatic heterocycles. The topological polar surface area (TPSA) is 12.9 Å². The molecule has 2 aromatic rings. The number of nitrogens with zero attached hydrogens (tertiary/aromatic N) is 1. The first kappa shape index (κ1) is 10.9. The minimum absolute atomic E-state index is 0. The summed E-state index contributed by atoms with van der Waals surface area (Å²) in [7, 11) is 0. The van der Waals surface area contributed by atoms with Crippen LogP contribution in [0.25, 0.3) is 10.8 Å². The first-order valence-electron chi connectivity index (χ1n) is 4.35. The Morgan fingerprint density at radius 1 is 1.21 bits per heavy atom. The second kappa shape index (κ2) is 4.91. The van der Waals surface area contributed by atoms with Crippen LogP contribution in [0, 0.1) is 0 Å². The lowest BCUT2D eigenvalue weighted by Crippen LogP contribution is -1.88. The molecule has 0 N–H and O–H groups in total. The third-order valence-corrected chi connectivity index (χ3v) is 2.09. The van der Waals surface area contributed by atoms with Gasteiger partial charge in [0.2, 0.25) is 0 Å². The first-order valence-corrected chi connectivity index (χ1v) is 4.35. The van der Waals surface area contributed by atoms with Gasteiger partial charge in [0.15, 0.2) is 0 Å². The predicted octanol–water partition coefficient (Wildman–Crippen LogP) is 3.54. The molecule has 72 valence electrons. The van der Waals surface area contributed by atoms with E-state index in [0.717, 1.165) is 12.1 Å². The van der Waals surface area contributed by atoms with Crippen LogP contribution < -0.4 is 0 Å². The lowest BCUT2D eigenvalue weighted by molar-refractivity contribution is 1.14. The van der Waals surface area contributed by atoms with Crippen LogP contribution in [0.1, 0.15) is 5.69 Å². The molecule has 0 amide bonds. The van der Waals surface area contributed by atoms with Crippen LogP contribution in [-0.4, -0.2) is 4.98 Å². The van der Waals surface area contributed by atoms with Gasteiger partial charge in [0, 0.05) is 18.0 Å². The molecule has 1 nitrogen and oxygen atoms in total. The molecule has 14 heavy (non-hydrogen) atoms. The van der Waals surface area contributed by atoms with Crippen molar-refractivity contribution in [1.29, 1.82) is 0 Å². The first-order chi connectivity index (χ1) is 6.42. The molecule has 1 heterocycles. The van der Waals surface area contributed by atoms with Gasteiger partial charge < -0.3 is 0 Å². The molecular formula is C12H12BrN. The van der Waals surface area contributed by atoms with E-state index in [2.05, 4.69) is 23.7 Å². The van der Waals surface area contributed by atoms with Crippen LogP contribution in [0.3, 0.4) is 0 Å². The highest BCUT2D eigenvalue weighted by molar-refractivity contribution is 8.93. The van der Waals surface area contributed by atoms with E-state index in [1.54, 1.807) is 0 Å². The minimum atomic E-state index is 0. The van der Waals surface area contributed by atoms with Gasteiger partial charge in [-0.1, -0.05) is 30.3 Å². The predicted molar refractivity (Wildman–Crippen MR) is 66.0 cm³/mol. The van der Waals surface area contributed by atoms with Crippen LogP contribution in [-0.2, 0) is 6.42 Å². The molecule has 2 rings (SSSR count). The number of rotatable bonds is 2. The zero-order valence-electron chi connectivity index (χ0n) is 7.81. The summed E-state index contributed by atoms with van der Waals surface area (Å²) >= 11 is 0. The third kappa shape index (κ3) is 2.02. The fourth-order valence-corrected chi connectivity index (χ4v) is 1.48. The van der Waals surface area contributed by atoms with E-state index in [9.17, 15) is 0 Å². The number of halogens is 1. The van der Waals surface area contributed by atoms with E-state index in [0.29, 0.717) is 0 Å². The van der Waals surface area contributed by atoms with Crippen molar-refractivity contribution in [3.8, 4) is 0 Å².